The lowest BCUT2D eigenvalue weighted by Gasteiger charge is -2.06. The molecule has 25 heavy (non-hydrogen) atoms. The molecule has 3 aromatic rings. The number of anilines is 2. The minimum absolute atomic E-state index is 0.282. The molecule has 3 rings (SSSR count). The van der Waals surface area contributed by atoms with E-state index in [9.17, 15) is 0 Å². The van der Waals surface area contributed by atoms with Gasteiger partial charge in [0.1, 0.15) is 0 Å². The summed E-state index contributed by atoms with van der Waals surface area (Å²) in [7, 11) is 1.49. The Morgan fingerprint density at radius 3 is 2.56 bits per heavy atom. The Morgan fingerprint density at radius 1 is 1.12 bits per heavy atom. The van der Waals surface area contributed by atoms with Crippen molar-refractivity contribution in [2.75, 3.05) is 18.0 Å². The number of nitrogens with one attached hydrogen (secondary N) is 2. The van der Waals surface area contributed by atoms with Gasteiger partial charge in [-0.15, -0.1) is 11.3 Å². The number of aryl methyl sites for hydroxylation is 2. The predicted octanol–water partition coefficient (Wildman–Crippen LogP) is 3.03. The second kappa shape index (κ2) is 7.77. The molecule has 128 valence electrons. The highest BCUT2D eigenvalue weighted by Gasteiger charge is 2.08. The van der Waals surface area contributed by atoms with E-state index in [0.29, 0.717) is 11.8 Å². The van der Waals surface area contributed by atoms with Crippen LogP contribution in [-0.4, -0.2) is 33.3 Å². The average Bonchev–Trinajstić information content (AvgIpc) is 2.94. The van der Waals surface area contributed by atoms with Crippen LogP contribution in [0.3, 0.4) is 0 Å². The molecular formula is C16H17N7OS. The molecule has 0 bridgehead atoms. The first kappa shape index (κ1) is 16.9. The van der Waals surface area contributed by atoms with Crippen LogP contribution in [0.2, 0.25) is 0 Å². The van der Waals surface area contributed by atoms with Gasteiger partial charge in [-0.2, -0.15) is 20.1 Å². The number of pyridine rings is 1. The predicted molar refractivity (Wildman–Crippen MR) is 98.7 cm³/mol. The summed E-state index contributed by atoms with van der Waals surface area (Å²) in [6.45, 7) is 4.16. The Balaban J connectivity index is 1.83. The molecule has 0 aliphatic rings. The van der Waals surface area contributed by atoms with Crippen LogP contribution in [0.25, 0.3) is 11.4 Å². The van der Waals surface area contributed by atoms with Gasteiger partial charge in [0, 0.05) is 27.7 Å². The lowest BCUT2D eigenvalue weighted by molar-refractivity contribution is 0.267. The van der Waals surface area contributed by atoms with Crippen LogP contribution in [0.5, 0.6) is 0 Å². The molecule has 0 aliphatic carbocycles. The minimum atomic E-state index is 0.282. The molecule has 0 saturated carbocycles. The molecule has 3 heterocycles. The molecule has 3 aromatic heterocycles. The Morgan fingerprint density at radius 2 is 1.88 bits per heavy atom. The number of thiophene rings is 1. The van der Waals surface area contributed by atoms with E-state index < -0.39 is 0 Å². The summed E-state index contributed by atoms with van der Waals surface area (Å²) in [5.41, 5.74) is 7.50. The molecule has 0 unspecified atom stereocenters. The van der Waals surface area contributed by atoms with Crippen LogP contribution in [0, 0.1) is 13.8 Å². The fourth-order valence-electron chi connectivity index (χ4n) is 2.01. The molecule has 0 saturated heterocycles. The highest BCUT2D eigenvalue weighted by atomic mass is 32.1. The zero-order chi connectivity index (χ0) is 17.6. The third-order valence-electron chi connectivity index (χ3n) is 3.31. The van der Waals surface area contributed by atoms with Gasteiger partial charge in [-0.1, -0.05) is 0 Å². The van der Waals surface area contributed by atoms with Crippen molar-refractivity contribution in [1.29, 1.82) is 0 Å². The van der Waals surface area contributed by atoms with Crippen LogP contribution in [0.4, 0.5) is 11.9 Å². The number of hydrogen-bond acceptors (Lipinski definition) is 9. The van der Waals surface area contributed by atoms with E-state index in [0.717, 1.165) is 10.4 Å². The van der Waals surface area contributed by atoms with E-state index >= 15 is 0 Å². The summed E-state index contributed by atoms with van der Waals surface area (Å²) in [5, 5.41) is 4.20. The summed E-state index contributed by atoms with van der Waals surface area (Å²) in [4.78, 5) is 24.1. The van der Waals surface area contributed by atoms with Crippen molar-refractivity contribution in [3.8, 4) is 11.4 Å². The first-order chi connectivity index (χ1) is 12.2. The number of aromatic nitrogens is 4. The van der Waals surface area contributed by atoms with E-state index in [2.05, 4.69) is 55.9 Å². The van der Waals surface area contributed by atoms with Crippen molar-refractivity contribution in [2.45, 2.75) is 13.8 Å². The van der Waals surface area contributed by atoms with E-state index in [-0.39, 0.29) is 5.95 Å². The van der Waals surface area contributed by atoms with E-state index in [1.807, 2.05) is 12.1 Å². The number of rotatable bonds is 6. The SMILES string of the molecule is CONc1nc(NN=Cc2cc(C)c(C)s2)nc(-c2ccncc2)n1. The largest absolute Gasteiger partial charge is 0.277 e. The molecule has 0 atom stereocenters. The lowest BCUT2D eigenvalue weighted by atomic mass is 10.2. The first-order valence-electron chi connectivity index (χ1n) is 7.47. The maximum absolute atomic E-state index is 4.88. The van der Waals surface area contributed by atoms with Crippen LogP contribution in [-0.2, 0) is 4.84 Å². The molecule has 8 nitrogen and oxygen atoms in total. The zero-order valence-corrected chi connectivity index (χ0v) is 14.8. The monoisotopic (exact) mass is 355 g/mol. The van der Waals surface area contributed by atoms with Crippen molar-refractivity contribution in [3.63, 3.8) is 0 Å². The molecule has 0 radical (unpaired) electrons. The van der Waals surface area contributed by atoms with Gasteiger partial charge in [0.15, 0.2) is 5.82 Å². The lowest BCUT2D eigenvalue weighted by Crippen LogP contribution is -2.07. The molecule has 0 aromatic carbocycles. The molecule has 0 aliphatic heterocycles. The van der Waals surface area contributed by atoms with Crippen LogP contribution in [0.15, 0.2) is 35.7 Å². The second-order valence-corrected chi connectivity index (χ2v) is 6.39. The Hall–Kier alpha value is -2.91. The third-order valence-corrected chi connectivity index (χ3v) is 4.40. The fraction of sp³-hybridized carbons (Fsp3) is 0.188. The van der Waals surface area contributed by atoms with Crippen LogP contribution in [0.1, 0.15) is 15.3 Å². The van der Waals surface area contributed by atoms with E-state index in [4.69, 9.17) is 4.84 Å². The average molecular weight is 355 g/mol. The molecular weight excluding hydrogens is 338 g/mol. The first-order valence-corrected chi connectivity index (χ1v) is 8.29. The highest BCUT2D eigenvalue weighted by molar-refractivity contribution is 7.13. The van der Waals surface area contributed by atoms with Crippen molar-refractivity contribution >= 4 is 29.4 Å². The van der Waals surface area contributed by atoms with E-state index in [1.54, 1.807) is 29.9 Å². The molecule has 0 spiro atoms. The number of hydrogen-bond donors (Lipinski definition) is 2. The maximum Gasteiger partial charge on any atom is 0.252 e. The summed E-state index contributed by atoms with van der Waals surface area (Å²) >= 11 is 1.68. The van der Waals surface area contributed by atoms with Gasteiger partial charge in [-0.3, -0.25) is 9.82 Å². The summed E-state index contributed by atoms with van der Waals surface area (Å²) in [5.74, 6) is 1.07. The second-order valence-electron chi connectivity index (χ2n) is 5.11. The third kappa shape index (κ3) is 4.34. The van der Waals surface area contributed by atoms with Gasteiger partial charge in [0.25, 0.3) is 5.95 Å². The van der Waals surface area contributed by atoms with Gasteiger partial charge in [0.2, 0.25) is 5.95 Å². The van der Waals surface area contributed by atoms with Crippen molar-refractivity contribution < 1.29 is 4.84 Å². The quantitative estimate of drug-likeness (QED) is 0.518. The Kier molecular flexibility index (Phi) is 5.26. The van der Waals surface area contributed by atoms with Gasteiger partial charge in [-0.05, 0) is 37.6 Å². The van der Waals surface area contributed by atoms with Crippen molar-refractivity contribution in [1.82, 2.24) is 19.9 Å². The normalized spacial score (nSPS) is 11.0. The molecule has 2 N–H and O–H groups in total. The van der Waals surface area contributed by atoms with Gasteiger partial charge in [-0.25, -0.2) is 10.9 Å². The van der Waals surface area contributed by atoms with Crippen molar-refractivity contribution in [3.05, 3.63) is 45.9 Å². The van der Waals surface area contributed by atoms with Gasteiger partial charge in [0.05, 0.1) is 13.3 Å². The minimum Gasteiger partial charge on any atom is -0.277 e. The molecule has 0 fully saturated rings. The standard InChI is InChI=1S/C16H17N7OS/c1-10-8-13(25-11(10)2)9-18-22-15-19-14(12-4-6-17-7-5-12)20-16(21-15)23-24-3/h4-9H,1-3H3,(H2,19,20,21,22,23). The fourth-order valence-corrected chi connectivity index (χ4v) is 2.93. The summed E-state index contributed by atoms with van der Waals surface area (Å²) in [6, 6.07) is 5.71. The molecule has 9 heteroatoms. The smallest absolute Gasteiger partial charge is 0.252 e. The Labute approximate surface area is 149 Å². The summed E-state index contributed by atoms with van der Waals surface area (Å²) < 4.78 is 0. The van der Waals surface area contributed by atoms with Crippen molar-refractivity contribution in [2.24, 2.45) is 5.10 Å². The number of nitrogens with zero attached hydrogens (tertiary/aromatic N) is 5. The maximum atomic E-state index is 4.88. The molecule has 0 amide bonds. The van der Waals surface area contributed by atoms with Crippen LogP contribution < -0.4 is 10.9 Å². The summed E-state index contributed by atoms with van der Waals surface area (Å²) in [6.07, 6.45) is 5.09. The van der Waals surface area contributed by atoms with E-state index in [1.165, 1.54) is 17.6 Å². The topological polar surface area (TPSA) is 97.2 Å². The zero-order valence-electron chi connectivity index (χ0n) is 14.0. The van der Waals surface area contributed by atoms with Gasteiger partial charge < -0.3 is 0 Å². The Bertz CT molecular complexity index is 860. The number of hydrazone groups is 1. The van der Waals surface area contributed by atoms with Crippen LogP contribution >= 0.6 is 11.3 Å². The van der Waals surface area contributed by atoms with Gasteiger partial charge >= 0.3 is 0 Å². The highest BCUT2D eigenvalue weighted by Crippen LogP contribution is 2.19.